The van der Waals surface area contributed by atoms with E-state index in [9.17, 15) is 13.2 Å². The van der Waals surface area contributed by atoms with Crippen LogP contribution in [0.4, 0.5) is 0 Å². The van der Waals surface area contributed by atoms with E-state index in [4.69, 9.17) is 4.74 Å². The van der Waals surface area contributed by atoms with Gasteiger partial charge in [0.05, 0.1) is 13.2 Å². The number of sulfonamides is 1. The molecule has 0 aromatic heterocycles. The summed E-state index contributed by atoms with van der Waals surface area (Å²) in [5.41, 5.74) is 1.99. The predicted molar refractivity (Wildman–Crippen MR) is 135 cm³/mol. The second kappa shape index (κ2) is 11.2. The molecular weight excluding hydrogens is 448 g/mol. The van der Waals surface area contributed by atoms with E-state index in [0.29, 0.717) is 25.9 Å². The third-order valence-corrected chi connectivity index (χ3v) is 8.50. The molecule has 6 nitrogen and oxygen atoms in total. The van der Waals surface area contributed by atoms with E-state index >= 15 is 0 Å². The Hall–Kier alpha value is -2.64. The standard InChI is InChI=1S/C27H34N2O4S/c1-33-25-13-11-23(12-14-25)26-10-6-3-7-18-29(26)27(30)24-15-19-28(20-16-24)34(31,32)21-17-22-8-4-2-5-9-22/h2,4-5,8-9,11-14,17,21,24,26H,3,6-7,10,15-16,18-20H2,1H3. The Balaban J connectivity index is 1.41. The van der Waals surface area contributed by atoms with Crippen LogP contribution in [-0.2, 0) is 14.8 Å². The van der Waals surface area contributed by atoms with Crippen molar-refractivity contribution < 1.29 is 17.9 Å². The summed E-state index contributed by atoms with van der Waals surface area (Å²) in [7, 11) is -1.85. The Morgan fingerprint density at radius 3 is 2.29 bits per heavy atom. The molecule has 2 aromatic carbocycles. The van der Waals surface area contributed by atoms with Crippen molar-refractivity contribution in [2.75, 3.05) is 26.7 Å². The van der Waals surface area contributed by atoms with Crippen LogP contribution in [0.15, 0.2) is 60.0 Å². The second-order valence-electron chi connectivity index (χ2n) is 9.10. The normalized spacial score (nSPS) is 20.9. The van der Waals surface area contributed by atoms with E-state index < -0.39 is 10.0 Å². The summed E-state index contributed by atoms with van der Waals surface area (Å²) in [4.78, 5) is 15.7. The maximum Gasteiger partial charge on any atom is 0.236 e. The Morgan fingerprint density at radius 1 is 0.912 bits per heavy atom. The van der Waals surface area contributed by atoms with E-state index in [1.54, 1.807) is 13.2 Å². The van der Waals surface area contributed by atoms with Crippen LogP contribution in [0, 0.1) is 5.92 Å². The lowest BCUT2D eigenvalue weighted by Gasteiger charge is -2.36. The summed E-state index contributed by atoms with van der Waals surface area (Å²) >= 11 is 0. The molecule has 0 aliphatic carbocycles. The highest BCUT2D eigenvalue weighted by Gasteiger charge is 2.35. The SMILES string of the molecule is COc1ccc(C2CCCCCN2C(=O)C2CCN(S(=O)(=O)C=Cc3ccccc3)CC2)cc1. The molecule has 1 atom stereocenters. The number of benzene rings is 2. The van der Waals surface area contributed by atoms with E-state index in [1.807, 2.05) is 42.5 Å². The molecule has 2 aromatic rings. The summed E-state index contributed by atoms with van der Waals surface area (Å²) in [5, 5.41) is 1.28. The van der Waals surface area contributed by atoms with Crippen molar-refractivity contribution in [2.45, 2.75) is 44.6 Å². The van der Waals surface area contributed by atoms with Gasteiger partial charge in [0.2, 0.25) is 15.9 Å². The summed E-state index contributed by atoms with van der Waals surface area (Å²) in [6.07, 6.45) is 6.94. The third-order valence-electron chi connectivity index (χ3n) is 6.93. The van der Waals surface area contributed by atoms with Crippen LogP contribution in [0.1, 0.15) is 55.7 Å². The topological polar surface area (TPSA) is 66.9 Å². The van der Waals surface area contributed by atoms with Crippen LogP contribution in [0.25, 0.3) is 6.08 Å². The monoisotopic (exact) mass is 482 g/mol. The number of amides is 1. The molecule has 0 radical (unpaired) electrons. The summed E-state index contributed by atoms with van der Waals surface area (Å²) in [5.74, 6) is 0.841. The highest BCUT2D eigenvalue weighted by molar-refractivity contribution is 7.92. The number of methoxy groups -OCH3 is 1. The van der Waals surface area contributed by atoms with Crippen LogP contribution in [0.5, 0.6) is 5.75 Å². The van der Waals surface area contributed by atoms with Crippen molar-refractivity contribution in [3.8, 4) is 5.75 Å². The number of carbonyl (C=O) groups excluding carboxylic acids is 1. The fourth-order valence-electron chi connectivity index (χ4n) is 4.95. The van der Waals surface area contributed by atoms with Gasteiger partial charge in [0, 0.05) is 31.0 Å². The van der Waals surface area contributed by atoms with Crippen LogP contribution >= 0.6 is 0 Å². The van der Waals surface area contributed by atoms with Crippen LogP contribution < -0.4 is 4.74 Å². The molecule has 7 heteroatoms. The van der Waals surface area contributed by atoms with Crippen LogP contribution in [0.2, 0.25) is 0 Å². The molecule has 0 bridgehead atoms. The summed E-state index contributed by atoms with van der Waals surface area (Å²) in [6.45, 7) is 1.51. The van der Waals surface area contributed by atoms with Gasteiger partial charge >= 0.3 is 0 Å². The molecule has 182 valence electrons. The summed E-state index contributed by atoms with van der Waals surface area (Å²) < 4.78 is 32.4. The fraction of sp³-hybridized carbons (Fsp3) is 0.444. The first-order valence-electron chi connectivity index (χ1n) is 12.2. The van der Waals surface area contributed by atoms with E-state index in [2.05, 4.69) is 17.0 Å². The van der Waals surface area contributed by atoms with E-state index in [1.165, 1.54) is 9.71 Å². The maximum atomic E-state index is 13.6. The third kappa shape index (κ3) is 5.88. The zero-order valence-corrected chi connectivity index (χ0v) is 20.6. The predicted octanol–water partition coefficient (Wildman–Crippen LogP) is 4.85. The molecule has 2 aliphatic rings. The Morgan fingerprint density at radius 2 is 1.62 bits per heavy atom. The average Bonchev–Trinajstić information content (AvgIpc) is 3.14. The minimum Gasteiger partial charge on any atom is -0.497 e. The molecule has 4 rings (SSSR count). The lowest BCUT2D eigenvalue weighted by Crippen LogP contribution is -2.45. The van der Waals surface area contributed by atoms with Crippen LogP contribution in [-0.4, -0.2) is 50.3 Å². The van der Waals surface area contributed by atoms with Crippen molar-refractivity contribution in [1.29, 1.82) is 0 Å². The van der Waals surface area contributed by atoms with Crippen LogP contribution in [0.3, 0.4) is 0 Å². The Kier molecular flexibility index (Phi) is 8.06. The number of piperidine rings is 1. The molecule has 1 unspecified atom stereocenters. The molecule has 1 amide bonds. The number of hydrogen-bond acceptors (Lipinski definition) is 4. The molecule has 2 aliphatic heterocycles. The van der Waals surface area contributed by atoms with Gasteiger partial charge in [-0.1, -0.05) is 55.3 Å². The van der Waals surface area contributed by atoms with Crippen molar-refractivity contribution in [2.24, 2.45) is 5.92 Å². The van der Waals surface area contributed by atoms with Gasteiger partial charge in [0.25, 0.3) is 0 Å². The minimum atomic E-state index is -3.51. The van der Waals surface area contributed by atoms with Gasteiger partial charge in [-0.3, -0.25) is 4.79 Å². The zero-order chi connectivity index (χ0) is 24.0. The summed E-state index contributed by atoms with van der Waals surface area (Å²) in [6, 6.07) is 17.5. The number of hydrogen-bond donors (Lipinski definition) is 0. The molecule has 0 N–H and O–H groups in total. The molecule has 0 saturated carbocycles. The largest absolute Gasteiger partial charge is 0.497 e. The van der Waals surface area contributed by atoms with Crippen molar-refractivity contribution in [3.05, 3.63) is 71.1 Å². The molecule has 2 fully saturated rings. The van der Waals surface area contributed by atoms with Gasteiger partial charge in [-0.25, -0.2) is 8.42 Å². The molecular formula is C27H34N2O4S. The first-order chi connectivity index (χ1) is 16.5. The van der Waals surface area contributed by atoms with Gasteiger partial charge in [0.15, 0.2) is 0 Å². The van der Waals surface area contributed by atoms with Crippen molar-refractivity contribution in [1.82, 2.24) is 9.21 Å². The highest BCUT2D eigenvalue weighted by Crippen LogP contribution is 2.34. The minimum absolute atomic E-state index is 0.0662. The fourth-order valence-corrected chi connectivity index (χ4v) is 6.17. The first kappa shape index (κ1) is 24.5. The second-order valence-corrected chi connectivity index (χ2v) is 10.9. The molecule has 2 heterocycles. The van der Waals surface area contributed by atoms with Gasteiger partial charge in [-0.15, -0.1) is 0 Å². The quantitative estimate of drug-likeness (QED) is 0.590. The molecule has 34 heavy (non-hydrogen) atoms. The van der Waals surface area contributed by atoms with Crippen molar-refractivity contribution in [3.63, 3.8) is 0 Å². The average molecular weight is 483 g/mol. The highest BCUT2D eigenvalue weighted by atomic mass is 32.2. The van der Waals surface area contributed by atoms with Gasteiger partial charge < -0.3 is 9.64 Å². The smallest absolute Gasteiger partial charge is 0.236 e. The number of rotatable bonds is 6. The van der Waals surface area contributed by atoms with Gasteiger partial charge in [-0.2, -0.15) is 4.31 Å². The van der Waals surface area contributed by atoms with Gasteiger partial charge in [-0.05, 0) is 55.0 Å². The number of nitrogens with zero attached hydrogens (tertiary/aromatic N) is 2. The number of carbonyl (C=O) groups is 1. The Bertz CT molecular complexity index is 1080. The maximum absolute atomic E-state index is 13.6. The zero-order valence-electron chi connectivity index (χ0n) is 19.8. The first-order valence-corrected chi connectivity index (χ1v) is 13.7. The number of likely N-dealkylation sites (tertiary alicyclic amines) is 1. The van der Waals surface area contributed by atoms with Crippen molar-refractivity contribution >= 4 is 22.0 Å². The number of ether oxygens (including phenoxy) is 1. The Labute approximate surface area is 203 Å². The lowest BCUT2D eigenvalue weighted by atomic mass is 9.94. The van der Waals surface area contributed by atoms with Gasteiger partial charge in [0.1, 0.15) is 5.75 Å². The molecule has 0 spiro atoms. The lowest BCUT2D eigenvalue weighted by molar-refractivity contribution is -0.139. The molecule has 2 saturated heterocycles. The van der Waals surface area contributed by atoms with E-state index in [0.717, 1.165) is 49.1 Å². The van der Waals surface area contributed by atoms with E-state index in [-0.39, 0.29) is 17.9 Å².